The molecule has 0 saturated carbocycles. The molecule has 0 bridgehead atoms. The molecule has 0 unspecified atom stereocenters. The number of carboxylic acid groups (broad SMARTS) is 2. The van der Waals surface area contributed by atoms with Gasteiger partial charge in [0.05, 0.1) is 6.04 Å². The first-order valence-corrected chi connectivity index (χ1v) is 9.03. The number of hydrogen-bond donors (Lipinski definition) is 5. The lowest BCUT2D eigenvalue weighted by molar-refractivity contribution is -0.142. The van der Waals surface area contributed by atoms with Gasteiger partial charge in [0.1, 0.15) is 12.1 Å². The number of nitrogens with one attached hydrogen (secondary N) is 2. The van der Waals surface area contributed by atoms with Gasteiger partial charge < -0.3 is 26.6 Å². The normalized spacial score (nSPS) is 14.1. The van der Waals surface area contributed by atoms with Crippen LogP contribution in [0.3, 0.4) is 0 Å². The highest BCUT2D eigenvalue weighted by Gasteiger charge is 2.27. The van der Waals surface area contributed by atoms with Crippen LogP contribution < -0.4 is 16.4 Å². The first-order chi connectivity index (χ1) is 12.2. The molecular weight excluding hydrogens is 342 g/mol. The van der Waals surface area contributed by atoms with E-state index in [9.17, 15) is 24.3 Å². The number of amides is 2. The van der Waals surface area contributed by atoms with Crippen LogP contribution in [0, 0.1) is 0 Å². The van der Waals surface area contributed by atoms with E-state index in [-0.39, 0.29) is 12.8 Å². The van der Waals surface area contributed by atoms with E-state index in [1.54, 1.807) is 0 Å². The Kier molecular flexibility index (Phi) is 12.0. The zero-order chi connectivity index (χ0) is 20.1. The average molecular weight is 373 g/mol. The van der Waals surface area contributed by atoms with Crippen molar-refractivity contribution in [3.63, 3.8) is 0 Å². The number of aliphatic carboxylic acids is 2. The molecule has 2 amide bonds. The Labute approximate surface area is 153 Å². The van der Waals surface area contributed by atoms with Gasteiger partial charge in [-0.1, -0.05) is 39.5 Å². The van der Waals surface area contributed by atoms with Gasteiger partial charge in [-0.25, -0.2) is 4.79 Å². The summed E-state index contributed by atoms with van der Waals surface area (Å²) >= 11 is 0. The Balaban J connectivity index is 4.87. The van der Waals surface area contributed by atoms with Crippen LogP contribution in [0.2, 0.25) is 0 Å². The van der Waals surface area contributed by atoms with E-state index in [2.05, 4.69) is 10.6 Å². The zero-order valence-electron chi connectivity index (χ0n) is 15.5. The number of carboxylic acids is 2. The fourth-order valence-electron chi connectivity index (χ4n) is 2.30. The quantitative estimate of drug-likeness (QED) is 0.298. The summed E-state index contributed by atoms with van der Waals surface area (Å²) in [6, 6.07) is -2.95. The molecule has 0 radical (unpaired) electrons. The topological polar surface area (TPSA) is 159 Å². The summed E-state index contributed by atoms with van der Waals surface area (Å²) in [6.07, 6.45) is 3.27. The molecule has 26 heavy (non-hydrogen) atoms. The summed E-state index contributed by atoms with van der Waals surface area (Å²) in [5.41, 5.74) is 5.66. The van der Waals surface area contributed by atoms with Crippen molar-refractivity contribution in [3.8, 4) is 0 Å². The SMILES string of the molecule is CCCC[C@H](NC(=O)[C@H](CCCC)NC(=O)[C@@H](N)CCC(=O)O)C(=O)O. The number of carbonyl (C=O) groups excluding carboxylic acids is 2. The highest BCUT2D eigenvalue weighted by atomic mass is 16.4. The van der Waals surface area contributed by atoms with Crippen LogP contribution in [0.4, 0.5) is 0 Å². The summed E-state index contributed by atoms with van der Waals surface area (Å²) in [5.74, 6) is -3.37. The third-order valence-corrected chi connectivity index (χ3v) is 3.95. The molecule has 0 saturated heterocycles. The number of rotatable bonds is 14. The van der Waals surface area contributed by atoms with Crippen molar-refractivity contribution >= 4 is 23.8 Å². The van der Waals surface area contributed by atoms with Crippen LogP contribution in [-0.4, -0.2) is 52.1 Å². The Bertz CT molecular complexity index is 483. The zero-order valence-corrected chi connectivity index (χ0v) is 15.5. The van der Waals surface area contributed by atoms with Gasteiger partial charge in [0, 0.05) is 6.42 Å². The summed E-state index contributed by atoms with van der Waals surface area (Å²) in [5, 5.41) is 22.8. The summed E-state index contributed by atoms with van der Waals surface area (Å²) in [6.45, 7) is 3.85. The van der Waals surface area contributed by atoms with Crippen molar-refractivity contribution in [2.75, 3.05) is 0 Å². The predicted molar refractivity (Wildman–Crippen MR) is 95.4 cm³/mol. The van der Waals surface area contributed by atoms with E-state index >= 15 is 0 Å². The van der Waals surface area contributed by atoms with Gasteiger partial charge >= 0.3 is 11.9 Å². The Morgan fingerprint density at radius 2 is 1.35 bits per heavy atom. The molecule has 0 fully saturated rings. The summed E-state index contributed by atoms with van der Waals surface area (Å²) < 4.78 is 0. The Morgan fingerprint density at radius 3 is 1.81 bits per heavy atom. The van der Waals surface area contributed by atoms with Crippen LogP contribution in [0.1, 0.15) is 65.2 Å². The second-order valence-electron chi connectivity index (χ2n) is 6.28. The van der Waals surface area contributed by atoms with Crippen LogP contribution in [-0.2, 0) is 19.2 Å². The molecule has 0 aliphatic rings. The molecule has 150 valence electrons. The molecule has 3 atom stereocenters. The molecular formula is C17H31N3O6. The number of unbranched alkanes of at least 4 members (excludes halogenated alkanes) is 2. The maximum atomic E-state index is 12.4. The van der Waals surface area contributed by atoms with Crippen LogP contribution in [0.15, 0.2) is 0 Å². The molecule has 6 N–H and O–H groups in total. The van der Waals surface area contributed by atoms with Crippen molar-refractivity contribution < 1.29 is 29.4 Å². The third kappa shape index (κ3) is 9.97. The molecule has 0 aromatic carbocycles. The van der Waals surface area contributed by atoms with Gasteiger partial charge in [-0.05, 0) is 19.3 Å². The Morgan fingerprint density at radius 1 is 0.846 bits per heavy atom. The smallest absolute Gasteiger partial charge is 0.326 e. The first kappa shape index (κ1) is 23.8. The average Bonchev–Trinajstić information content (AvgIpc) is 2.59. The lowest BCUT2D eigenvalue weighted by Gasteiger charge is -2.22. The second kappa shape index (κ2) is 13.1. The summed E-state index contributed by atoms with van der Waals surface area (Å²) in [4.78, 5) is 46.4. The minimum absolute atomic E-state index is 0.0441. The molecule has 9 heteroatoms. The van der Waals surface area contributed by atoms with E-state index in [4.69, 9.17) is 10.8 Å². The monoisotopic (exact) mass is 373 g/mol. The van der Waals surface area contributed by atoms with E-state index < -0.39 is 41.9 Å². The van der Waals surface area contributed by atoms with Gasteiger partial charge in [-0.3, -0.25) is 14.4 Å². The van der Waals surface area contributed by atoms with E-state index in [0.29, 0.717) is 25.7 Å². The number of hydrogen-bond acceptors (Lipinski definition) is 5. The minimum atomic E-state index is -1.12. The maximum Gasteiger partial charge on any atom is 0.326 e. The molecule has 9 nitrogen and oxygen atoms in total. The molecule has 0 rings (SSSR count). The lowest BCUT2D eigenvalue weighted by atomic mass is 10.1. The van der Waals surface area contributed by atoms with E-state index in [0.717, 1.165) is 12.8 Å². The second-order valence-corrected chi connectivity index (χ2v) is 6.28. The third-order valence-electron chi connectivity index (χ3n) is 3.95. The number of carbonyl (C=O) groups is 4. The van der Waals surface area contributed by atoms with Crippen molar-refractivity contribution in [3.05, 3.63) is 0 Å². The van der Waals surface area contributed by atoms with Crippen molar-refractivity contribution in [2.45, 2.75) is 83.3 Å². The van der Waals surface area contributed by atoms with Crippen molar-refractivity contribution in [2.24, 2.45) is 5.73 Å². The Hall–Kier alpha value is -2.16. The predicted octanol–water partition coefficient (Wildman–Crippen LogP) is 0.613. The van der Waals surface area contributed by atoms with Gasteiger partial charge in [-0.15, -0.1) is 0 Å². The van der Waals surface area contributed by atoms with E-state index in [1.165, 1.54) is 0 Å². The van der Waals surface area contributed by atoms with Gasteiger partial charge in [0.15, 0.2) is 0 Å². The molecule has 0 aromatic rings. The standard InChI is InChI=1S/C17H31N3O6/c1-3-5-7-12(19-15(23)11(18)9-10-14(21)22)16(24)20-13(17(25)26)8-6-4-2/h11-13H,3-10,18H2,1-2H3,(H,19,23)(H,20,24)(H,21,22)(H,25,26)/t11-,12-,13-/m0/s1. The van der Waals surface area contributed by atoms with Crippen molar-refractivity contribution in [1.82, 2.24) is 10.6 Å². The molecule has 0 aliphatic carbocycles. The van der Waals surface area contributed by atoms with E-state index in [1.807, 2.05) is 13.8 Å². The molecule has 0 heterocycles. The fraction of sp³-hybridized carbons (Fsp3) is 0.765. The highest BCUT2D eigenvalue weighted by molar-refractivity contribution is 5.91. The van der Waals surface area contributed by atoms with Crippen LogP contribution in [0.25, 0.3) is 0 Å². The van der Waals surface area contributed by atoms with Crippen LogP contribution in [0.5, 0.6) is 0 Å². The lowest BCUT2D eigenvalue weighted by Crippen LogP contribution is -2.54. The largest absolute Gasteiger partial charge is 0.481 e. The van der Waals surface area contributed by atoms with Crippen LogP contribution >= 0.6 is 0 Å². The highest BCUT2D eigenvalue weighted by Crippen LogP contribution is 2.06. The van der Waals surface area contributed by atoms with Gasteiger partial charge in [-0.2, -0.15) is 0 Å². The minimum Gasteiger partial charge on any atom is -0.481 e. The molecule has 0 aliphatic heterocycles. The fourth-order valence-corrected chi connectivity index (χ4v) is 2.30. The maximum absolute atomic E-state index is 12.4. The first-order valence-electron chi connectivity index (χ1n) is 9.03. The van der Waals surface area contributed by atoms with Gasteiger partial charge in [0.2, 0.25) is 11.8 Å². The van der Waals surface area contributed by atoms with Crippen molar-refractivity contribution in [1.29, 1.82) is 0 Å². The molecule has 0 spiro atoms. The number of nitrogens with two attached hydrogens (primary N) is 1. The summed E-state index contributed by atoms with van der Waals surface area (Å²) in [7, 11) is 0. The molecule has 0 aromatic heterocycles. The van der Waals surface area contributed by atoms with Gasteiger partial charge in [0.25, 0.3) is 0 Å².